The molecule has 1 aromatic rings. The van der Waals surface area contributed by atoms with Gasteiger partial charge in [0.1, 0.15) is 0 Å². The van der Waals surface area contributed by atoms with Gasteiger partial charge in [0.05, 0.1) is 0 Å². The molecular formula is C13H18ClN. The van der Waals surface area contributed by atoms with Gasteiger partial charge in [0, 0.05) is 11.1 Å². The van der Waals surface area contributed by atoms with Crippen molar-refractivity contribution in [2.75, 3.05) is 0 Å². The summed E-state index contributed by atoms with van der Waals surface area (Å²) in [5.41, 5.74) is 7.42. The summed E-state index contributed by atoms with van der Waals surface area (Å²) < 4.78 is 0. The Morgan fingerprint density at radius 2 is 2.07 bits per heavy atom. The van der Waals surface area contributed by atoms with Gasteiger partial charge in [-0.1, -0.05) is 49.6 Å². The molecule has 0 aromatic heterocycles. The van der Waals surface area contributed by atoms with Crippen LogP contribution in [0.2, 0.25) is 5.02 Å². The largest absolute Gasteiger partial charge is 0.324 e. The predicted molar refractivity (Wildman–Crippen MR) is 64.9 cm³/mol. The molecule has 0 bridgehead atoms. The van der Waals surface area contributed by atoms with Gasteiger partial charge in [-0.2, -0.15) is 0 Å². The fourth-order valence-electron chi connectivity index (χ4n) is 2.68. The van der Waals surface area contributed by atoms with Crippen molar-refractivity contribution in [3.8, 4) is 0 Å². The van der Waals surface area contributed by atoms with E-state index in [1.54, 1.807) is 0 Å². The molecule has 82 valence electrons. The standard InChI is InChI=1S/C13H18ClN/c1-9-5-4-7-10(9)13(15)11-6-2-3-8-12(11)14/h2-3,6,8-10,13H,4-5,7,15H2,1H3. The maximum absolute atomic E-state index is 6.31. The molecule has 0 spiro atoms. The Morgan fingerprint density at radius 3 is 2.67 bits per heavy atom. The molecule has 1 aliphatic carbocycles. The lowest BCUT2D eigenvalue weighted by molar-refractivity contribution is 0.351. The van der Waals surface area contributed by atoms with Gasteiger partial charge in [-0.05, 0) is 29.9 Å². The van der Waals surface area contributed by atoms with Gasteiger partial charge < -0.3 is 5.73 Å². The smallest absolute Gasteiger partial charge is 0.0453 e. The highest BCUT2D eigenvalue weighted by Crippen LogP contribution is 2.40. The van der Waals surface area contributed by atoms with E-state index in [1.807, 2.05) is 18.2 Å². The van der Waals surface area contributed by atoms with Crippen molar-refractivity contribution in [1.29, 1.82) is 0 Å². The number of nitrogens with two attached hydrogens (primary N) is 1. The zero-order valence-corrected chi connectivity index (χ0v) is 9.87. The van der Waals surface area contributed by atoms with Crippen molar-refractivity contribution in [3.05, 3.63) is 34.9 Å². The molecule has 0 radical (unpaired) electrons. The average Bonchev–Trinajstić information content (AvgIpc) is 2.64. The lowest BCUT2D eigenvalue weighted by Crippen LogP contribution is -2.23. The van der Waals surface area contributed by atoms with Crippen LogP contribution in [0.1, 0.15) is 37.8 Å². The second kappa shape index (κ2) is 4.54. The third-order valence-corrected chi connectivity index (χ3v) is 4.00. The van der Waals surface area contributed by atoms with E-state index in [1.165, 1.54) is 19.3 Å². The van der Waals surface area contributed by atoms with Crippen LogP contribution in [0.5, 0.6) is 0 Å². The predicted octanol–water partition coefficient (Wildman–Crippen LogP) is 3.78. The summed E-state index contributed by atoms with van der Waals surface area (Å²) in [4.78, 5) is 0. The van der Waals surface area contributed by atoms with Gasteiger partial charge in [-0.15, -0.1) is 0 Å². The average molecular weight is 224 g/mol. The first-order valence-electron chi connectivity index (χ1n) is 5.70. The van der Waals surface area contributed by atoms with Crippen LogP contribution in [-0.4, -0.2) is 0 Å². The first kappa shape index (κ1) is 11.0. The van der Waals surface area contributed by atoms with Gasteiger partial charge in [0.15, 0.2) is 0 Å². The van der Waals surface area contributed by atoms with Crippen molar-refractivity contribution in [3.63, 3.8) is 0 Å². The highest BCUT2D eigenvalue weighted by Gasteiger charge is 2.30. The highest BCUT2D eigenvalue weighted by atomic mass is 35.5. The number of hydrogen-bond acceptors (Lipinski definition) is 1. The highest BCUT2D eigenvalue weighted by molar-refractivity contribution is 6.31. The van der Waals surface area contributed by atoms with Crippen LogP contribution < -0.4 is 5.73 Å². The minimum atomic E-state index is 0.108. The van der Waals surface area contributed by atoms with E-state index >= 15 is 0 Å². The van der Waals surface area contributed by atoms with Crippen molar-refractivity contribution in [1.82, 2.24) is 0 Å². The summed E-state index contributed by atoms with van der Waals surface area (Å²) in [6.45, 7) is 2.30. The second-order valence-corrected chi connectivity index (χ2v) is 5.03. The fraction of sp³-hybridized carbons (Fsp3) is 0.538. The summed E-state index contributed by atoms with van der Waals surface area (Å²) in [5.74, 6) is 1.33. The van der Waals surface area contributed by atoms with Gasteiger partial charge in [0.2, 0.25) is 0 Å². The van der Waals surface area contributed by atoms with Gasteiger partial charge in [0.25, 0.3) is 0 Å². The lowest BCUT2D eigenvalue weighted by atomic mass is 9.86. The Balaban J connectivity index is 2.20. The van der Waals surface area contributed by atoms with Crippen molar-refractivity contribution in [2.45, 2.75) is 32.2 Å². The molecule has 3 atom stereocenters. The molecule has 2 N–H and O–H groups in total. The van der Waals surface area contributed by atoms with Gasteiger partial charge in [-0.3, -0.25) is 0 Å². The molecule has 0 amide bonds. The van der Waals surface area contributed by atoms with Crippen LogP contribution in [-0.2, 0) is 0 Å². The van der Waals surface area contributed by atoms with E-state index in [2.05, 4.69) is 13.0 Å². The van der Waals surface area contributed by atoms with E-state index in [4.69, 9.17) is 17.3 Å². The molecule has 2 heteroatoms. The Morgan fingerprint density at radius 1 is 1.33 bits per heavy atom. The zero-order chi connectivity index (χ0) is 10.8. The molecule has 1 nitrogen and oxygen atoms in total. The van der Waals surface area contributed by atoms with Gasteiger partial charge >= 0.3 is 0 Å². The van der Waals surface area contributed by atoms with Gasteiger partial charge in [-0.25, -0.2) is 0 Å². The summed E-state index contributed by atoms with van der Waals surface area (Å²) in [6.07, 6.45) is 3.86. The summed E-state index contributed by atoms with van der Waals surface area (Å²) in [7, 11) is 0. The maximum Gasteiger partial charge on any atom is 0.0453 e. The summed E-state index contributed by atoms with van der Waals surface area (Å²) in [6, 6.07) is 8.06. The fourth-order valence-corrected chi connectivity index (χ4v) is 2.95. The summed E-state index contributed by atoms with van der Waals surface area (Å²) in [5, 5.41) is 0.809. The molecule has 2 rings (SSSR count). The van der Waals surface area contributed by atoms with E-state index in [0.717, 1.165) is 16.5 Å². The third-order valence-electron chi connectivity index (χ3n) is 3.65. The van der Waals surface area contributed by atoms with Crippen LogP contribution in [0, 0.1) is 11.8 Å². The molecule has 3 unspecified atom stereocenters. The van der Waals surface area contributed by atoms with E-state index in [0.29, 0.717) is 5.92 Å². The minimum absolute atomic E-state index is 0.108. The monoisotopic (exact) mass is 223 g/mol. The van der Waals surface area contributed by atoms with E-state index in [-0.39, 0.29) is 6.04 Å². The van der Waals surface area contributed by atoms with Crippen LogP contribution in [0.25, 0.3) is 0 Å². The summed E-state index contributed by atoms with van der Waals surface area (Å²) >= 11 is 6.17. The third kappa shape index (κ3) is 2.19. The molecular weight excluding hydrogens is 206 g/mol. The molecule has 0 saturated heterocycles. The zero-order valence-electron chi connectivity index (χ0n) is 9.12. The quantitative estimate of drug-likeness (QED) is 0.812. The molecule has 0 heterocycles. The Kier molecular flexibility index (Phi) is 3.32. The Labute approximate surface area is 96.6 Å². The van der Waals surface area contributed by atoms with E-state index in [9.17, 15) is 0 Å². The Bertz CT molecular complexity index is 337. The molecule has 1 aromatic carbocycles. The van der Waals surface area contributed by atoms with Crippen molar-refractivity contribution in [2.24, 2.45) is 17.6 Å². The van der Waals surface area contributed by atoms with Crippen LogP contribution >= 0.6 is 11.6 Å². The number of rotatable bonds is 2. The minimum Gasteiger partial charge on any atom is -0.324 e. The first-order chi connectivity index (χ1) is 7.20. The normalized spacial score (nSPS) is 27.9. The number of hydrogen-bond donors (Lipinski definition) is 1. The SMILES string of the molecule is CC1CCCC1C(N)c1ccccc1Cl. The molecule has 1 fully saturated rings. The molecule has 1 aliphatic rings. The topological polar surface area (TPSA) is 26.0 Å². The van der Waals surface area contributed by atoms with Crippen molar-refractivity contribution < 1.29 is 0 Å². The van der Waals surface area contributed by atoms with Crippen molar-refractivity contribution >= 4 is 11.6 Å². The molecule has 0 aliphatic heterocycles. The number of halogens is 1. The van der Waals surface area contributed by atoms with Crippen LogP contribution in [0.15, 0.2) is 24.3 Å². The van der Waals surface area contributed by atoms with Crippen LogP contribution in [0.3, 0.4) is 0 Å². The van der Waals surface area contributed by atoms with E-state index < -0.39 is 0 Å². The lowest BCUT2D eigenvalue weighted by Gasteiger charge is -2.24. The number of benzene rings is 1. The Hall–Kier alpha value is -0.530. The van der Waals surface area contributed by atoms with Crippen LogP contribution in [0.4, 0.5) is 0 Å². The molecule has 1 saturated carbocycles. The second-order valence-electron chi connectivity index (χ2n) is 4.62. The maximum atomic E-state index is 6.31. The molecule has 15 heavy (non-hydrogen) atoms. The first-order valence-corrected chi connectivity index (χ1v) is 6.08.